The Bertz CT molecular complexity index is 838. The number of aromatic carboxylic acids is 1. The van der Waals surface area contributed by atoms with Crippen LogP contribution >= 0.6 is 0 Å². The number of carbonyl (C=O) groups is 1. The Balaban J connectivity index is 1.84. The highest BCUT2D eigenvalue weighted by molar-refractivity contribution is 6.05. The van der Waals surface area contributed by atoms with E-state index in [-0.39, 0.29) is 5.92 Å². The van der Waals surface area contributed by atoms with E-state index in [4.69, 9.17) is 9.47 Å². The van der Waals surface area contributed by atoms with Crippen molar-refractivity contribution >= 4 is 16.9 Å². The number of carboxylic acids is 1. The maximum atomic E-state index is 11.8. The minimum absolute atomic E-state index is 0.247. The van der Waals surface area contributed by atoms with E-state index >= 15 is 0 Å². The molecule has 1 aromatic carbocycles. The van der Waals surface area contributed by atoms with Gasteiger partial charge in [-0.3, -0.25) is 4.90 Å². The van der Waals surface area contributed by atoms with Crippen molar-refractivity contribution in [3.8, 4) is 5.75 Å². The number of nitrogens with zero attached hydrogens (tertiary/aromatic N) is 3. The zero-order valence-electron chi connectivity index (χ0n) is 18.0. The molecule has 1 N–H and O–H groups in total. The van der Waals surface area contributed by atoms with Crippen molar-refractivity contribution in [3.63, 3.8) is 0 Å². The van der Waals surface area contributed by atoms with Gasteiger partial charge in [-0.2, -0.15) is 0 Å². The third-order valence-corrected chi connectivity index (χ3v) is 5.64. The zero-order chi connectivity index (χ0) is 21.0. The van der Waals surface area contributed by atoms with Gasteiger partial charge >= 0.3 is 5.97 Å². The first-order valence-corrected chi connectivity index (χ1v) is 10.3. The van der Waals surface area contributed by atoms with Crippen LogP contribution in [0.5, 0.6) is 5.75 Å². The van der Waals surface area contributed by atoms with Crippen LogP contribution in [0.2, 0.25) is 0 Å². The third-order valence-electron chi connectivity index (χ3n) is 5.64. The van der Waals surface area contributed by atoms with E-state index in [1.54, 1.807) is 13.3 Å². The predicted molar refractivity (Wildman–Crippen MR) is 114 cm³/mol. The van der Waals surface area contributed by atoms with Crippen molar-refractivity contribution in [3.05, 3.63) is 29.5 Å². The molecule has 0 saturated carbocycles. The Hall–Kier alpha value is -2.09. The molecule has 1 fully saturated rings. The van der Waals surface area contributed by atoms with Gasteiger partial charge in [0.25, 0.3) is 0 Å². The average molecular weight is 404 g/mol. The van der Waals surface area contributed by atoms with Crippen LogP contribution in [0.4, 0.5) is 0 Å². The van der Waals surface area contributed by atoms with Crippen molar-refractivity contribution < 1.29 is 19.4 Å². The van der Waals surface area contributed by atoms with Gasteiger partial charge in [0.1, 0.15) is 12.4 Å². The second-order valence-electron chi connectivity index (χ2n) is 8.09. The molecule has 29 heavy (non-hydrogen) atoms. The average Bonchev–Trinajstić information content (AvgIpc) is 3.06. The van der Waals surface area contributed by atoms with Crippen LogP contribution in [0.15, 0.2) is 18.3 Å². The van der Waals surface area contributed by atoms with Crippen LogP contribution in [0.1, 0.15) is 35.7 Å². The number of methoxy groups -OCH3 is 1. The Morgan fingerprint density at radius 2 is 1.86 bits per heavy atom. The first kappa shape index (κ1) is 21.6. The van der Waals surface area contributed by atoms with Gasteiger partial charge in [0.15, 0.2) is 0 Å². The monoisotopic (exact) mass is 403 g/mol. The number of likely N-dealkylation sites (N-methyl/N-ethyl adjacent to an activating group) is 1. The normalized spacial score (nSPS) is 16.0. The Labute approximate surface area is 172 Å². The van der Waals surface area contributed by atoms with Crippen LogP contribution in [-0.2, 0) is 11.3 Å². The van der Waals surface area contributed by atoms with Gasteiger partial charge in [0.05, 0.1) is 17.7 Å². The van der Waals surface area contributed by atoms with Crippen molar-refractivity contribution in [2.75, 3.05) is 60.1 Å². The molecule has 7 nitrogen and oxygen atoms in total. The number of piperazine rings is 1. The van der Waals surface area contributed by atoms with Gasteiger partial charge in [-0.1, -0.05) is 13.8 Å². The molecule has 1 saturated heterocycles. The molecule has 7 heteroatoms. The second kappa shape index (κ2) is 9.61. The van der Waals surface area contributed by atoms with Crippen LogP contribution in [0, 0.1) is 0 Å². The van der Waals surface area contributed by atoms with Crippen molar-refractivity contribution in [1.82, 2.24) is 14.4 Å². The first-order valence-electron chi connectivity index (χ1n) is 10.3. The molecule has 160 valence electrons. The number of carboxylic acid groups (broad SMARTS) is 1. The smallest absolute Gasteiger partial charge is 0.337 e. The van der Waals surface area contributed by atoms with Gasteiger partial charge in [-0.05, 0) is 30.7 Å². The van der Waals surface area contributed by atoms with Gasteiger partial charge < -0.3 is 24.0 Å². The largest absolute Gasteiger partial charge is 0.492 e. The zero-order valence-corrected chi connectivity index (χ0v) is 18.0. The number of fused-ring (bicyclic) bond motifs is 1. The Morgan fingerprint density at radius 1 is 1.14 bits per heavy atom. The fraction of sp³-hybridized carbons (Fsp3) is 0.591. The summed E-state index contributed by atoms with van der Waals surface area (Å²) < 4.78 is 13.3. The SMILES string of the molecule is COCCn1cc(C(=O)O)c2cc(OCCN3CCN(C)CC3)cc(C(C)C)c21. The van der Waals surface area contributed by atoms with Gasteiger partial charge in [0, 0.05) is 58.0 Å². The fourth-order valence-electron chi connectivity index (χ4n) is 3.87. The molecule has 0 atom stereocenters. The van der Waals surface area contributed by atoms with E-state index in [0.717, 1.165) is 54.9 Å². The molecule has 0 unspecified atom stereocenters. The van der Waals surface area contributed by atoms with Crippen LogP contribution < -0.4 is 4.74 Å². The molecule has 3 rings (SSSR count). The minimum atomic E-state index is -0.921. The molecule has 0 bridgehead atoms. The van der Waals surface area contributed by atoms with Gasteiger partial charge in [0.2, 0.25) is 0 Å². The summed E-state index contributed by atoms with van der Waals surface area (Å²) >= 11 is 0. The molecule has 0 amide bonds. The van der Waals surface area contributed by atoms with Crippen molar-refractivity contribution in [2.45, 2.75) is 26.3 Å². The van der Waals surface area contributed by atoms with Gasteiger partial charge in [-0.15, -0.1) is 0 Å². The lowest BCUT2D eigenvalue weighted by molar-refractivity contribution is 0.0698. The predicted octanol–water partition coefficient (Wildman–Crippen LogP) is 2.74. The lowest BCUT2D eigenvalue weighted by Gasteiger charge is -2.32. The quantitative estimate of drug-likeness (QED) is 0.694. The number of benzene rings is 1. The molecule has 0 aliphatic carbocycles. The molecule has 0 radical (unpaired) electrons. The number of ether oxygens (including phenoxy) is 2. The number of rotatable bonds is 9. The molecule has 1 aliphatic rings. The number of hydrogen-bond acceptors (Lipinski definition) is 5. The highest BCUT2D eigenvalue weighted by atomic mass is 16.5. The Morgan fingerprint density at radius 3 is 2.48 bits per heavy atom. The highest BCUT2D eigenvalue weighted by Gasteiger charge is 2.20. The minimum Gasteiger partial charge on any atom is -0.492 e. The Kier molecular flexibility index (Phi) is 7.16. The van der Waals surface area contributed by atoms with E-state index in [9.17, 15) is 9.90 Å². The van der Waals surface area contributed by atoms with Crippen molar-refractivity contribution in [1.29, 1.82) is 0 Å². The molecule has 1 aliphatic heterocycles. The number of hydrogen-bond donors (Lipinski definition) is 1. The molecule has 0 spiro atoms. The summed E-state index contributed by atoms with van der Waals surface area (Å²) in [5, 5.41) is 10.4. The molecular formula is C22H33N3O4. The lowest BCUT2D eigenvalue weighted by Crippen LogP contribution is -2.45. The van der Waals surface area contributed by atoms with E-state index in [0.29, 0.717) is 25.3 Å². The molecule has 2 heterocycles. The number of aromatic nitrogens is 1. The highest BCUT2D eigenvalue weighted by Crippen LogP contribution is 2.34. The molecule has 1 aromatic heterocycles. The van der Waals surface area contributed by atoms with E-state index < -0.39 is 5.97 Å². The summed E-state index contributed by atoms with van der Waals surface area (Å²) in [6, 6.07) is 3.93. The molecular weight excluding hydrogens is 370 g/mol. The summed E-state index contributed by atoms with van der Waals surface area (Å²) in [4.78, 5) is 16.6. The van der Waals surface area contributed by atoms with Crippen LogP contribution in [0.25, 0.3) is 10.9 Å². The van der Waals surface area contributed by atoms with E-state index in [2.05, 4.69) is 36.8 Å². The van der Waals surface area contributed by atoms with Crippen LogP contribution in [-0.4, -0.2) is 85.5 Å². The maximum Gasteiger partial charge on any atom is 0.337 e. The van der Waals surface area contributed by atoms with Crippen molar-refractivity contribution in [2.24, 2.45) is 0 Å². The summed E-state index contributed by atoms with van der Waals surface area (Å²) in [6.45, 7) is 11.1. The maximum absolute atomic E-state index is 11.8. The molecule has 2 aromatic rings. The van der Waals surface area contributed by atoms with Gasteiger partial charge in [-0.25, -0.2) is 4.79 Å². The van der Waals surface area contributed by atoms with E-state index in [1.807, 2.05) is 10.6 Å². The second-order valence-corrected chi connectivity index (χ2v) is 8.09. The summed E-state index contributed by atoms with van der Waals surface area (Å²) in [6.07, 6.45) is 1.71. The topological polar surface area (TPSA) is 67.2 Å². The van der Waals surface area contributed by atoms with Crippen LogP contribution in [0.3, 0.4) is 0 Å². The van der Waals surface area contributed by atoms with E-state index in [1.165, 1.54) is 0 Å². The standard InChI is InChI=1S/C22H33N3O4/c1-16(2)18-13-17(29-12-9-24-7-5-23(3)6-8-24)14-19-20(22(26)27)15-25(21(18)19)10-11-28-4/h13-16H,5-12H2,1-4H3,(H,26,27). The summed E-state index contributed by atoms with van der Waals surface area (Å²) in [5.74, 6) is 0.0642. The summed E-state index contributed by atoms with van der Waals surface area (Å²) in [5.41, 5.74) is 2.36. The first-order chi connectivity index (χ1) is 13.9. The lowest BCUT2D eigenvalue weighted by atomic mass is 9.99. The third kappa shape index (κ3) is 5.10. The summed E-state index contributed by atoms with van der Waals surface area (Å²) in [7, 11) is 3.80. The fourth-order valence-corrected chi connectivity index (χ4v) is 3.87.